The molecule has 4 aromatic carbocycles. The molecule has 0 aromatic heterocycles. The number of hydrogen-bond acceptors (Lipinski definition) is 4. The zero-order chi connectivity index (χ0) is 29.9. The van der Waals surface area contributed by atoms with Gasteiger partial charge < -0.3 is 20.9 Å². The van der Waals surface area contributed by atoms with Crippen LogP contribution in [0.25, 0.3) is 0 Å². The Kier molecular flexibility index (Phi) is 10.7. The van der Waals surface area contributed by atoms with Crippen molar-refractivity contribution in [3.63, 3.8) is 0 Å². The molecular weight excluding hydrogens is 528 g/mol. The van der Waals surface area contributed by atoms with Crippen molar-refractivity contribution in [3.8, 4) is 11.5 Å². The number of anilines is 2. The van der Waals surface area contributed by atoms with Gasteiger partial charge in [0, 0.05) is 5.41 Å². The smallest absolute Gasteiger partial charge is 0.142 e. The highest BCUT2D eigenvalue weighted by Crippen LogP contribution is 2.47. The summed E-state index contributed by atoms with van der Waals surface area (Å²) in [5.74, 6) is 2.30. The second kappa shape index (κ2) is 15.0. The number of nitrogen functional groups attached to an aromatic ring is 2. The predicted octanol–water partition coefficient (Wildman–Crippen LogP) is 9.85. The van der Waals surface area contributed by atoms with Crippen LogP contribution in [0.1, 0.15) is 93.4 Å². The van der Waals surface area contributed by atoms with Crippen molar-refractivity contribution in [1.29, 1.82) is 0 Å². The van der Waals surface area contributed by atoms with Gasteiger partial charge in [-0.2, -0.15) is 0 Å². The summed E-state index contributed by atoms with van der Waals surface area (Å²) in [6.07, 6.45) is 13.1. The summed E-state index contributed by atoms with van der Waals surface area (Å²) in [6, 6.07) is 33.6. The molecule has 0 bridgehead atoms. The van der Waals surface area contributed by atoms with Gasteiger partial charge in [-0.25, -0.2) is 0 Å². The molecule has 4 aromatic rings. The van der Waals surface area contributed by atoms with Crippen LogP contribution in [0.2, 0.25) is 0 Å². The number of ether oxygens (including phenoxy) is 2. The SMILES string of the molecule is CCCCCCCC1CCC(c2ccc(COc3ccccc3N)cc2)(c2ccc(COc3ccccc3N)cc2)CC1. The van der Waals surface area contributed by atoms with E-state index >= 15 is 0 Å². The second-order valence-electron chi connectivity index (χ2n) is 12.3. The van der Waals surface area contributed by atoms with Crippen LogP contribution in [0.4, 0.5) is 11.4 Å². The lowest BCUT2D eigenvalue weighted by Gasteiger charge is -2.41. The molecule has 0 heterocycles. The first-order chi connectivity index (χ1) is 21.1. The average Bonchev–Trinajstić information content (AvgIpc) is 3.05. The lowest BCUT2D eigenvalue weighted by Crippen LogP contribution is -2.33. The number of nitrogens with two attached hydrogens (primary N) is 2. The van der Waals surface area contributed by atoms with Crippen LogP contribution in [0, 0.1) is 5.92 Å². The molecule has 0 spiro atoms. The molecule has 0 atom stereocenters. The van der Waals surface area contributed by atoms with Gasteiger partial charge >= 0.3 is 0 Å². The zero-order valence-corrected chi connectivity index (χ0v) is 25.8. The van der Waals surface area contributed by atoms with Gasteiger partial charge in [-0.15, -0.1) is 0 Å². The summed E-state index contributed by atoms with van der Waals surface area (Å²) >= 11 is 0. The van der Waals surface area contributed by atoms with E-state index in [0.29, 0.717) is 24.6 Å². The topological polar surface area (TPSA) is 70.5 Å². The van der Waals surface area contributed by atoms with Crippen molar-refractivity contribution >= 4 is 11.4 Å². The maximum absolute atomic E-state index is 6.08. The summed E-state index contributed by atoms with van der Waals surface area (Å²) < 4.78 is 12.0. The Bertz CT molecular complexity index is 1310. The van der Waals surface area contributed by atoms with Gasteiger partial charge in [0.1, 0.15) is 24.7 Å². The van der Waals surface area contributed by atoms with E-state index in [1.807, 2.05) is 48.5 Å². The van der Waals surface area contributed by atoms with E-state index in [1.165, 1.54) is 75.3 Å². The molecule has 0 saturated heterocycles. The predicted molar refractivity (Wildman–Crippen MR) is 179 cm³/mol. The maximum atomic E-state index is 6.08. The Balaban J connectivity index is 1.30. The van der Waals surface area contributed by atoms with Gasteiger partial charge in [0.05, 0.1) is 11.4 Å². The Morgan fingerprint density at radius 1 is 0.605 bits per heavy atom. The molecule has 4 heteroatoms. The second-order valence-corrected chi connectivity index (χ2v) is 12.3. The van der Waals surface area contributed by atoms with Crippen molar-refractivity contribution in [2.45, 2.75) is 89.8 Å². The van der Waals surface area contributed by atoms with E-state index in [0.717, 1.165) is 28.5 Å². The lowest BCUT2D eigenvalue weighted by atomic mass is 9.62. The number of rotatable bonds is 14. The molecule has 1 fully saturated rings. The van der Waals surface area contributed by atoms with Crippen molar-refractivity contribution in [1.82, 2.24) is 0 Å². The molecule has 0 radical (unpaired) electrons. The normalized spacial score (nSPS) is 14.8. The van der Waals surface area contributed by atoms with Crippen molar-refractivity contribution < 1.29 is 9.47 Å². The molecular formula is C39H48N2O2. The first-order valence-corrected chi connectivity index (χ1v) is 16.2. The first kappa shape index (κ1) is 30.5. The third-order valence-electron chi connectivity index (χ3n) is 9.31. The molecule has 43 heavy (non-hydrogen) atoms. The fraction of sp³-hybridized carbons (Fsp3) is 0.385. The van der Waals surface area contributed by atoms with Gasteiger partial charge in [0.15, 0.2) is 0 Å². The largest absolute Gasteiger partial charge is 0.487 e. The molecule has 1 saturated carbocycles. The fourth-order valence-corrected chi connectivity index (χ4v) is 6.63. The average molecular weight is 577 g/mol. The highest BCUT2D eigenvalue weighted by molar-refractivity contribution is 5.52. The summed E-state index contributed by atoms with van der Waals surface area (Å²) in [5.41, 5.74) is 18.6. The van der Waals surface area contributed by atoms with Crippen molar-refractivity contribution in [2.75, 3.05) is 11.5 Å². The quantitative estimate of drug-likeness (QED) is 0.116. The van der Waals surface area contributed by atoms with Gasteiger partial charge in [0.2, 0.25) is 0 Å². The van der Waals surface area contributed by atoms with Crippen molar-refractivity contribution in [3.05, 3.63) is 119 Å². The summed E-state index contributed by atoms with van der Waals surface area (Å²) in [5, 5.41) is 0. The van der Waals surface area contributed by atoms with E-state index in [2.05, 4.69) is 55.5 Å². The standard InChI is InChI=1S/C39H48N2O2/c1-2-3-4-5-6-11-30-24-26-39(27-25-30,33-20-16-31(17-21-33)28-42-37-14-9-7-12-35(37)40)34-22-18-32(19-23-34)29-43-38-15-10-8-13-36(38)41/h7-10,12-23,30H,2-6,11,24-29,40-41H2,1H3. The number of benzene rings is 4. The van der Waals surface area contributed by atoms with E-state index in [1.54, 1.807) is 0 Å². The Hall–Kier alpha value is -3.92. The number of hydrogen-bond donors (Lipinski definition) is 2. The molecule has 1 aliphatic rings. The minimum absolute atomic E-state index is 0.0190. The Morgan fingerprint density at radius 2 is 1.07 bits per heavy atom. The Labute approximate surface area is 258 Å². The van der Waals surface area contributed by atoms with Crippen LogP contribution in [0.3, 0.4) is 0 Å². The fourth-order valence-electron chi connectivity index (χ4n) is 6.63. The maximum Gasteiger partial charge on any atom is 0.142 e. The molecule has 0 aliphatic heterocycles. The minimum atomic E-state index is 0.0190. The molecule has 0 amide bonds. The van der Waals surface area contributed by atoms with Crippen molar-refractivity contribution in [2.24, 2.45) is 5.92 Å². The molecule has 5 rings (SSSR count). The van der Waals surface area contributed by atoms with Gasteiger partial charge in [-0.1, -0.05) is 118 Å². The van der Waals surface area contributed by atoms with Gasteiger partial charge in [-0.3, -0.25) is 0 Å². The van der Waals surface area contributed by atoms with E-state index < -0.39 is 0 Å². The van der Waals surface area contributed by atoms with E-state index in [4.69, 9.17) is 20.9 Å². The van der Waals surface area contributed by atoms with Gasteiger partial charge in [-0.05, 0) is 78.1 Å². The number of para-hydroxylation sites is 4. The first-order valence-electron chi connectivity index (χ1n) is 16.2. The molecule has 0 unspecified atom stereocenters. The van der Waals surface area contributed by atoms with Crippen LogP contribution >= 0.6 is 0 Å². The van der Waals surface area contributed by atoms with E-state index in [-0.39, 0.29) is 5.41 Å². The summed E-state index contributed by atoms with van der Waals surface area (Å²) in [6.45, 7) is 3.29. The zero-order valence-electron chi connectivity index (χ0n) is 25.8. The summed E-state index contributed by atoms with van der Waals surface area (Å²) in [7, 11) is 0. The third-order valence-corrected chi connectivity index (χ3v) is 9.31. The van der Waals surface area contributed by atoms with Crippen LogP contribution in [0.5, 0.6) is 11.5 Å². The third kappa shape index (κ3) is 7.93. The molecule has 226 valence electrons. The Morgan fingerprint density at radius 3 is 1.53 bits per heavy atom. The van der Waals surface area contributed by atoms with Crippen LogP contribution in [-0.4, -0.2) is 0 Å². The van der Waals surface area contributed by atoms with Crippen LogP contribution < -0.4 is 20.9 Å². The van der Waals surface area contributed by atoms with Crippen LogP contribution in [0.15, 0.2) is 97.1 Å². The minimum Gasteiger partial charge on any atom is -0.487 e. The van der Waals surface area contributed by atoms with Crippen LogP contribution in [-0.2, 0) is 18.6 Å². The van der Waals surface area contributed by atoms with E-state index in [9.17, 15) is 0 Å². The highest BCUT2D eigenvalue weighted by atomic mass is 16.5. The molecule has 4 N–H and O–H groups in total. The molecule has 1 aliphatic carbocycles. The number of unbranched alkanes of at least 4 members (excludes halogenated alkanes) is 4. The monoisotopic (exact) mass is 576 g/mol. The lowest BCUT2D eigenvalue weighted by molar-refractivity contribution is 0.250. The van der Waals surface area contributed by atoms with Gasteiger partial charge in [0.25, 0.3) is 0 Å². The summed E-state index contributed by atoms with van der Waals surface area (Å²) in [4.78, 5) is 0. The molecule has 4 nitrogen and oxygen atoms in total. The highest BCUT2D eigenvalue weighted by Gasteiger charge is 2.38.